The van der Waals surface area contributed by atoms with Crippen LogP contribution >= 0.6 is 0 Å². The Morgan fingerprint density at radius 2 is 2.29 bits per heavy atom. The summed E-state index contributed by atoms with van der Waals surface area (Å²) in [6.07, 6.45) is 1.57. The van der Waals surface area contributed by atoms with Crippen LogP contribution in [0.5, 0.6) is 0 Å². The number of aryl methyl sites for hydroxylation is 1. The number of amides is 2. The number of rotatable bonds is 5. The normalized spacial score (nSPS) is 11.9. The Morgan fingerprint density at radius 3 is 2.76 bits per heavy atom. The summed E-state index contributed by atoms with van der Waals surface area (Å²) in [6.45, 7) is 1.37. The van der Waals surface area contributed by atoms with Crippen LogP contribution in [-0.4, -0.2) is 45.1 Å². The Hall–Kier alpha value is -2.09. The van der Waals surface area contributed by atoms with Gasteiger partial charge in [-0.25, -0.2) is 9.59 Å². The molecule has 0 bridgehead atoms. The largest absolute Gasteiger partial charge is 0.480 e. The zero-order valence-electron chi connectivity index (χ0n) is 9.23. The van der Waals surface area contributed by atoms with Gasteiger partial charge >= 0.3 is 12.0 Å². The molecule has 2 amide bonds. The Balaban J connectivity index is 2.40. The van der Waals surface area contributed by atoms with Crippen LogP contribution in [0, 0.1) is 6.92 Å². The Kier molecular flexibility index (Phi) is 4.46. The highest BCUT2D eigenvalue weighted by Gasteiger charge is 2.18. The van der Waals surface area contributed by atoms with Crippen molar-refractivity contribution in [2.24, 2.45) is 0 Å². The number of carboxylic acid groups (broad SMARTS) is 1. The smallest absolute Gasteiger partial charge is 0.328 e. The standard InChI is InChI=1S/C9H14N4O4/c1-5-6(3-11-13-5)2-10-9(17)12-7(4-14)8(15)16/h3,7,14H,2,4H2,1H3,(H,11,13)(H,15,16)(H2,10,12,17)/t7-/m1/s1. The van der Waals surface area contributed by atoms with Crippen molar-refractivity contribution in [1.82, 2.24) is 20.8 Å². The van der Waals surface area contributed by atoms with E-state index in [1.165, 1.54) is 0 Å². The van der Waals surface area contributed by atoms with Crippen LogP contribution in [0.15, 0.2) is 6.20 Å². The van der Waals surface area contributed by atoms with E-state index in [2.05, 4.69) is 20.8 Å². The first-order valence-corrected chi connectivity index (χ1v) is 4.91. The number of hydrogen-bond donors (Lipinski definition) is 5. The highest BCUT2D eigenvalue weighted by Crippen LogP contribution is 2.00. The van der Waals surface area contributed by atoms with Crippen LogP contribution < -0.4 is 10.6 Å². The summed E-state index contributed by atoms with van der Waals surface area (Å²) in [5.74, 6) is -1.29. The summed E-state index contributed by atoms with van der Waals surface area (Å²) in [5.41, 5.74) is 1.62. The van der Waals surface area contributed by atoms with E-state index in [1.807, 2.05) is 0 Å². The van der Waals surface area contributed by atoms with Gasteiger partial charge in [0.05, 0.1) is 12.8 Å². The molecule has 0 spiro atoms. The summed E-state index contributed by atoms with van der Waals surface area (Å²) < 4.78 is 0. The van der Waals surface area contributed by atoms with Gasteiger partial charge in [0, 0.05) is 17.8 Å². The number of aromatic nitrogens is 2. The zero-order valence-corrected chi connectivity index (χ0v) is 9.23. The number of nitrogens with zero attached hydrogens (tertiary/aromatic N) is 1. The quantitative estimate of drug-likeness (QED) is 0.451. The average Bonchev–Trinajstić information content (AvgIpc) is 2.68. The maximum atomic E-state index is 11.3. The van der Waals surface area contributed by atoms with E-state index in [4.69, 9.17) is 10.2 Å². The summed E-state index contributed by atoms with van der Waals surface area (Å²) in [5, 5.41) is 28.4. The number of carbonyl (C=O) groups is 2. The molecule has 0 radical (unpaired) electrons. The van der Waals surface area contributed by atoms with Crippen molar-refractivity contribution in [2.75, 3.05) is 6.61 Å². The molecule has 1 aromatic rings. The first-order chi connectivity index (χ1) is 8.04. The number of nitrogens with one attached hydrogen (secondary N) is 3. The molecule has 1 heterocycles. The average molecular weight is 242 g/mol. The van der Waals surface area contributed by atoms with Crippen LogP contribution in [0.3, 0.4) is 0 Å². The molecule has 1 aromatic heterocycles. The predicted octanol–water partition coefficient (Wildman–Crippen LogP) is -1.04. The third-order valence-electron chi connectivity index (χ3n) is 2.16. The fourth-order valence-corrected chi connectivity index (χ4v) is 1.12. The summed E-state index contributed by atoms with van der Waals surface area (Å²) in [4.78, 5) is 21.8. The minimum absolute atomic E-state index is 0.228. The number of aliphatic carboxylic acids is 1. The molecule has 0 aliphatic heterocycles. The third-order valence-corrected chi connectivity index (χ3v) is 2.16. The van der Waals surface area contributed by atoms with Crippen LogP contribution in [0.4, 0.5) is 4.79 Å². The predicted molar refractivity (Wildman–Crippen MR) is 57.2 cm³/mol. The van der Waals surface area contributed by atoms with E-state index in [0.717, 1.165) is 11.3 Å². The van der Waals surface area contributed by atoms with E-state index >= 15 is 0 Å². The van der Waals surface area contributed by atoms with Crippen LogP contribution in [0.25, 0.3) is 0 Å². The lowest BCUT2D eigenvalue weighted by atomic mass is 10.2. The van der Waals surface area contributed by atoms with Crippen molar-refractivity contribution in [3.63, 3.8) is 0 Å². The highest BCUT2D eigenvalue weighted by atomic mass is 16.4. The van der Waals surface area contributed by atoms with Gasteiger partial charge in [-0.2, -0.15) is 5.10 Å². The summed E-state index contributed by atoms with van der Waals surface area (Å²) in [6, 6.07) is -1.97. The van der Waals surface area contributed by atoms with Crippen LogP contribution in [-0.2, 0) is 11.3 Å². The third kappa shape index (κ3) is 3.76. The second-order valence-electron chi connectivity index (χ2n) is 3.42. The number of urea groups is 1. The second kappa shape index (κ2) is 5.85. The first-order valence-electron chi connectivity index (χ1n) is 4.91. The van der Waals surface area contributed by atoms with Gasteiger partial charge in [-0.3, -0.25) is 5.10 Å². The molecule has 1 rings (SSSR count). The minimum Gasteiger partial charge on any atom is -0.480 e. The van der Waals surface area contributed by atoms with Gasteiger partial charge in [-0.1, -0.05) is 0 Å². The van der Waals surface area contributed by atoms with Crippen molar-refractivity contribution >= 4 is 12.0 Å². The van der Waals surface area contributed by atoms with E-state index in [9.17, 15) is 9.59 Å². The molecule has 0 unspecified atom stereocenters. The van der Waals surface area contributed by atoms with E-state index in [1.54, 1.807) is 13.1 Å². The molecule has 0 saturated heterocycles. The molecule has 0 aliphatic rings. The topological polar surface area (TPSA) is 127 Å². The van der Waals surface area contributed by atoms with E-state index < -0.39 is 24.6 Å². The van der Waals surface area contributed by atoms with Crippen molar-refractivity contribution in [2.45, 2.75) is 19.5 Å². The molecule has 5 N–H and O–H groups in total. The van der Waals surface area contributed by atoms with Gasteiger partial charge in [-0.05, 0) is 6.92 Å². The number of aliphatic hydroxyl groups is 1. The zero-order chi connectivity index (χ0) is 12.8. The monoisotopic (exact) mass is 242 g/mol. The lowest BCUT2D eigenvalue weighted by Crippen LogP contribution is -2.47. The molecule has 0 saturated carbocycles. The maximum Gasteiger partial charge on any atom is 0.328 e. The van der Waals surface area contributed by atoms with Gasteiger partial charge in [-0.15, -0.1) is 0 Å². The lowest BCUT2D eigenvalue weighted by molar-refractivity contribution is -0.140. The van der Waals surface area contributed by atoms with E-state index in [0.29, 0.717) is 0 Å². The number of aliphatic hydroxyl groups excluding tert-OH is 1. The number of carbonyl (C=O) groups excluding carboxylic acids is 1. The molecule has 1 atom stereocenters. The number of hydrogen-bond acceptors (Lipinski definition) is 4. The van der Waals surface area contributed by atoms with Gasteiger partial charge in [0.25, 0.3) is 0 Å². The molecule has 17 heavy (non-hydrogen) atoms. The van der Waals surface area contributed by atoms with E-state index in [-0.39, 0.29) is 6.54 Å². The van der Waals surface area contributed by atoms with Crippen LogP contribution in [0.2, 0.25) is 0 Å². The Bertz CT molecular complexity index is 403. The fraction of sp³-hybridized carbons (Fsp3) is 0.444. The molecular weight excluding hydrogens is 228 g/mol. The van der Waals surface area contributed by atoms with Crippen molar-refractivity contribution < 1.29 is 19.8 Å². The molecule has 0 fully saturated rings. The fourth-order valence-electron chi connectivity index (χ4n) is 1.12. The Labute approximate surface area is 97.0 Å². The number of H-pyrrole nitrogens is 1. The molecule has 0 aromatic carbocycles. The number of carboxylic acids is 1. The SMILES string of the molecule is Cc1[nH]ncc1CNC(=O)N[C@H](CO)C(=O)O. The van der Waals surface area contributed by atoms with Crippen molar-refractivity contribution in [1.29, 1.82) is 0 Å². The van der Waals surface area contributed by atoms with Gasteiger partial charge in [0.15, 0.2) is 6.04 Å². The summed E-state index contributed by atoms with van der Waals surface area (Å²) >= 11 is 0. The molecule has 0 aliphatic carbocycles. The molecular formula is C9H14N4O4. The summed E-state index contributed by atoms with van der Waals surface area (Å²) in [7, 11) is 0. The van der Waals surface area contributed by atoms with Gasteiger partial charge in [0.2, 0.25) is 0 Å². The molecule has 8 nitrogen and oxygen atoms in total. The van der Waals surface area contributed by atoms with Gasteiger partial charge < -0.3 is 20.8 Å². The van der Waals surface area contributed by atoms with Crippen molar-refractivity contribution in [3.8, 4) is 0 Å². The number of aromatic amines is 1. The second-order valence-corrected chi connectivity index (χ2v) is 3.42. The highest BCUT2D eigenvalue weighted by molar-refractivity contribution is 5.82. The van der Waals surface area contributed by atoms with Gasteiger partial charge in [0.1, 0.15) is 0 Å². The molecule has 94 valence electrons. The maximum absolute atomic E-state index is 11.3. The molecule has 8 heteroatoms. The lowest BCUT2D eigenvalue weighted by Gasteiger charge is -2.12. The minimum atomic E-state index is -1.31. The first kappa shape index (κ1) is 13.0. The van der Waals surface area contributed by atoms with Crippen molar-refractivity contribution in [3.05, 3.63) is 17.5 Å². The Morgan fingerprint density at radius 1 is 1.59 bits per heavy atom. The van der Waals surface area contributed by atoms with Crippen LogP contribution in [0.1, 0.15) is 11.3 Å².